The van der Waals surface area contributed by atoms with E-state index in [1.165, 1.54) is 4.57 Å². The van der Waals surface area contributed by atoms with Gasteiger partial charge in [0.1, 0.15) is 10.9 Å². The number of fused-ring (bicyclic) bond motifs is 1. The lowest BCUT2D eigenvalue weighted by atomic mass is 10.0. The number of nitrogens with zero attached hydrogens (tertiary/aromatic N) is 2. The zero-order valence-electron chi connectivity index (χ0n) is 10.7. The topological polar surface area (TPSA) is 123 Å². The van der Waals surface area contributed by atoms with Crippen LogP contribution in [0.1, 0.15) is 19.6 Å². The van der Waals surface area contributed by atoms with E-state index in [4.69, 9.17) is 10.5 Å². The number of nitrogen functional groups attached to an aromatic ring is 1. The van der Waals surface area contributed by atoms with Crippen molar-refractivity contribution in [1.82, 2.24) is 14.5 Å². The minimum absolute atomic E-state index is 0.0428. The Balaban J connectivity index is 2.15. The fraction of sp³-hybridized carbons (Fsp3) is 0.545. The van der Waals surface area contributed by atoms with Gasteiger partial charge in [-0.15, -0.1) is 0 Å². The Labute approximate surface area is 116 Å². The maximum Gasteiger partial charge on any atom is 0.311 e. The third-order valence-corrected chi connectivity index (χ3v) is 4.44. The van der Waals surface area contributed by atoms with Gasteiger partial charge in [-0.3, -0.25) is 19.1 Å². The fourth-order valence-electron chi connectivity index (χ4n) is 2.45. The highest BCUT2D eigenvalue weighted by atomic mass is 32.1. The summed E-state index contributed by atoms with van der Waals surface area (Å²) in [7, 11) is 0. The summed E-state index contributed by atoms with van der Waals surface area (Å²) in [6.45, 7) is 1.83. The molecule has 0 aliphatic carbocycles. The van der Waals surface area contributed by atoms with Crippen LogP contribution in [0.4, 0.5) is 5.95 Å². The first kappa shape index (κ1) is 13.3. The molecule has 3 rings (SSSR count). The lowest BCUT2D eigenvalue weighted by Crippen LogP contribution is -2.22. The van der Waals surface area contributed by atoms with Crippen molar-refractivity contribution in [2.75, 3.05) is 12.3 Å². The summed E-state index contributed by atoms with van der Waals surface area (Å²) in [5.41, 5.74) is 5.33. The van der Waals surface area contributed by atoms with E-state index in [0.717, 1.165) is 11.3 Å². The van der Waals surface area contributed by atoms with Crippen molar-refractivity contribution in [2.24, 2.45) is 5.92 Å². The van der Waals surface area contributed by atoms with Gasteiger partial charge in [-0.1, -0.05) is 18.3 Å². The van der Waals surface area contributed by atoms with E-state index in [9.17, 15) is 14.7 Å². The second kappa shape index (κ2) is 4.69. The zero-order valence-corrected chi connectivity index (χ0v) is 11.5. The molecule has 2 aromatic heterocycles. The molecule has 2 aromatic rings. The smallest absolute Gasteiger partial charge is 0.311 e. The van der Waals surface area contributed by atoms with Gasteiger partial charge in [-0.05, 0) is 12.3 Å². The number of hydrogen-bond acceptors (Lipinski definition) is 7. The molecule has 0 saturated carbocycles. The first-order chi connectivity index (χ1) is 9.51. The molecule has 108 valence electrons. The molecule has 0 aromatic carbocycles. The summed E-state index contributed by atoms with van der Waals surface area (Å²) in [4.78, 5) is 29.9. The summed E-state index contributed by atoms with van der Waals surface area (Å²) < 4.78 is 7.24. The van der Waals surface area contributed by atoms with E-state index in [1.54, 1.807) is 0 Å². The summed E-state index contributed by atoms with van der Waals surface area (Å²) in [6, 6.07) is 0. The molecule has 0 spiro atoms. The van der Waals surface area contributed by atoms with E-state index < -0.39 is 11.8 Å². The van der Waals surface area contributed by atoms with Crippen molar-refractivity contribution in [2.45, 2.75) is 25.7 Å². The molecule has 0 unspecified atom stereocenters. The van der Waals surface area contributed by atoms with Crippen molar-refractivity contribution < 1.29 is 9.84 Å². The first-order valence-electron chi connectivity index (χ1n) is 6.18. The molecule has 9 heteroatoms. The van der Waals surface area contributed by atoms with Crippen LogP contribution in [0.15, 0.2) is 9.59 Å². The second-order valence-electron chi connectivity index (χ2n) is 4.87. The number of H-pyrrole nitrogens is 1. The molecule has 1 fully saturated rings. The van der Waals surface area contributed by atoms with E-state index >= 15 is 0 Å². The van der Waals surface area contributed by atoms with Crippen LogP contribution in [-0.4, -0.2) is 32.4 Å². The van der Waals surface area contributed by atoms with Gasteiger partial charge in [0.05, 0.1) is 12.7 Å². The predicted octanol–water partition coefficient (Wildman–Crippen LogP) is -0.356. The quantitative estimate of drug-likeness (QED) is 0.696. The second-order valence-corrected chi connectivity index (χ2v) is 5.83. The minimum atomic E-state index is -0.530. The molecule has 1 saturated heterocycles. The highest BCUT2D eigenvalue weighted by Gasteiger charge is 2.35. The van der Waals surface area contributed by atoms with Gasteiger partial charge >= 0.3 is 4.87 Å². The third-order valence-electron chi connectivity index (χ3n) is 3.50. The average molecular weight is 298 g/mol. The van der Waals surface area contributed by atoms with Crippen molar-refractivity contribution in [3.05, 3.63) is 20.0 Å². The molecule has 8 nitrogen and oxygen atoms in total. The molecule has 4 N–H and O–H groups in total. The van der Waals surface area contributed by atoms with Crippen LogP contribution in [0.25, 0.3) is 10.3 Å². The average Bonchev–Trinajstić information content (AvgIpc) is 2.89. The maximum atomic E-state index is 12.1. The molecule has 0 amide bonds. The van der Waals surface area contributed by atoms with Crippen LogP contribution in [-0.2, 0) is 4.74 Å². The molecular weight excluding hydrogens is 284 g/mol. The van der Waals surface area contributed by atoms with Crippen LogP contribution in [0.2, 0.25) is 0 Å². The summed E-state index contributed by atoms with van der Waals surface area (Å²) in [5.74, 6) is 0.0741. The van der Waals surface area contributed by atoms with Crippen molar-refractivity contribution in [3.8, 4) is 0 Å². The fourth-order valence-corrected chi connectivity index (χ4v) is 3.31. The van der Waals surface area contributed by atoms with Crippen molar-refractivity contribution in [1.29, 1.82) is 0 Å². The van der Waals surface area contributed by atoms with Gasteiger partial charge in [-0.2, -0.15) is 4.98 Å². The molecule has 0 bridgehead atoms. The van der Waals surface area contributed by atoms with E-state index in [-0.39, 0.29) is 39.8 Å². The Morgan fingerprint density at radius 1 is 1.60 bits per heavy atom. The molecule has 3 atom stereocenters. The van der Waals surface area contributed by atoms with Crippen LogP contribution in [0.5, 0.6) is 0 Å². The van der Waals surface area contributed by atoms with Gasteiger partial charge in [0.2, 0.25) is 5.95 Å². The lowest BCUT2D eigenvalue weighted by molar-refractivity contribution is -0.0284. The molecule has 20 heavy (non-hydrogen) atoms. The number of aromatic nitrogens is 3. The monoisotopic (exact) mass is 298 g/mol. The Bertz CT molecular complexity index is 764. The van der Waals surface area contributed by atoms with E-state index in [1.807, 2.05) is 6.92 Å². The first-order valence-corrected chi connectivity index (χ1v) is 7.00. The number of aliphatic hydroxyl groups excluding tert-OH is 1. The molecule has 1 aliphatic rings. The zero-order chi connectivity index (χ0) is 14.4. The van der Waals surface area contributed by atoms with E-state index in [2.05, 4.69) is 9.97 Å². The van der Waals surface area contributed by atoms with Crippen molar-refractivity contribution >= 4 is 27.6 Å². The van der Waals surface area contributed by atoms with Gasteiger partial charge in [-0.25, -0.2) is 0 Å². The predicted molar refractivity (Wildman–Crippen MR) is 73.7 cm³/mol. The highest BCUT2D eigenvalue weighted by Crippen LogP contribution is 2.33. The number of aliphatic hydroxyl groups is 1. The normalized spacial score (nSPS) is 26.4. The number of rotatable bonds is 2. The summed E-state index contributed by atoms with van der Waals surface area (Å²) in [5, 5.41) is 9.22. The number of anilines is 1. The number of thiazole rings is 1. The SMILES string of the molecule is C[C@@H]1C[C@H](n2c(=O)sc3c(=O)[nH]c(N)nc32)O[C@@H]1CO. The summed E-state index contributed by atoms with van der Waals surface area (Å²) in [6.07, 6.45) is -0.274. The third kappa shape index (κ3) is 1.94. The van der Waals surface area contributed by atoms with Gasteiger partial charge in [0.15, 0.2) is 5.65 Å². The molecule has 1 aliphatic heterocycles. The number of aromatic amines is 1. The molecular formula is C11H14N4O4S. The van der Waals surface area contributed by atoms with Gasteiger partial charge < -0.3 is 15.6 Å². The highest BCUT2D eigenvalue weighted by molar-refractivity contribution is 7.16. The Kier molecular flexibility index (Phi) is 3.11. The Morgan fingerprint density at radius 2 is 2.35 bits per heavy atom. The number of nitrogens with one attached hydrogen (secondary N) is 1. The molecule has 3 heterocycles. The number of hydrogen-bond donors (Lipinski definition) is 3. The van der Waals surface area contributed by atoms with Crippen LogP contribution >= 0.6 is 11.3 Å². The van der Waals surface area contributed by atoms with Crippen LogP contribution in [0.3, 0.4) is 0 Å². The van der Waals surface area contributed by atoms with E-state index in [0.29, 0.717) is 6.42 Å². The van der Waals surface area contributed by atoms with Crippen LogP contribution < -0.4 is 16.2 Å². The number of ether oxygens (including phenoxy) is 1. The van der Waals surface area contributed by atoms with Crippen molar-refractivity contribution in [3.63, 3.8) is 0 Å². The largest absolute Gasteiger partial charge is 0.394 e. The Morgan fingerprint density at radius 3 is 3.00 bits per heavy atom. The van der Waals surface area contributed by atoms with Gasteiger partial charge in [0.25, 0.3) is 5.56 Å². The Hall–Kier alpha value is -1.71. The standard InChI is InChI=1S/C11H14N4O4S/c1-4-2-6(19-5(4)3-16)15-8-7(20-11(15)18)9(17)14-10(12)13-8/h4-6,16H,2-3H2,1H3,(H3,12,13,14,17)/t4-,5-,6-/m1/s1. The maximum absolute atomic E-state index is 12.1. The number of nitrogens with two attached hydrogens (primary N) is 1. The summed E-state index contributed by atoms with van der Waals surface area (Å²) >= 11 is 0.814. The molecule has 0 radical (unpaired) electrons. The minimum Gasteiger partial charge on any atom is -0.394 e. The lowest BCUT2D eigenvalue weighted by Gasteiger charge is -2.13. The van der Waals surface area contributed by atoms with Gasteiger partial charge in [0, 0.05) is 0 Å². The van der Waals surface area contributed by atoms with Crippen LogP contribution in [0, 0.1) is 5.92 Å².